The Morgan fingerprint density at radius 2 is 1.70 bits per heavy atom. The quantitative estimate of drug-likeness (QED) is 0.760. The Morgan fingerprint density at radius 3 is 2.37 bits per heavy atom. The SMILES string of the molecule is Cc1nn(CCCN2CCCC2)c2cc(B3OC(C)(C)C(C)(C)O3)ccc12. The van der Waals surface area contributed by atoms with E-state index in [0.717, 1.165) is 30.7 Å². The molecule has 2 aliphatic heterocycles. The van der Waals surface area contributed by atoms with Crippen LogP contribution in [0.3, 0.4) is 0 Å². The molecular weight excluding hydrogens is 337 g/mol. The third kappa shape index (κ3) is 3.55. The van der Waals surface area contributed by atoms with Crippen molar-refractivity contribution < 1.29 is 9.31 Å². The van der Waals surface area contributed by atoms with Gasteiger partial charge in [0.1, 0.15) is 0 Å². The van der Waals surface area contributed by atoms with Gasteiger partial charge in [-0.3, -0.25) is 4.68 Å². The van der Waals surface area contributed by atoms with E-state index in [-0.39, 0.29) is 18.3 Å². The molecule has 1 aromatic heterocycles. The van der Waals surface area contributed by atoms with E-state index in [9.17, 15) is 0 Å². The van der Waals surface area contributed by atoms with Crippen molar-refractivity contribution in [2.75, 3.05) is 19.6 Å². The Kier molecular flexibility index (Phi) is 4.85. The summed E-state index contributed by atoms with van der Waals surface area (Å²) in [6, 6.07) is 6.48. The first-order valence-electron chi connectivity index (χ1n) is 10.3. The Bertz CT molecular complexity index is 808. The molecule has 2 aromatic rings. The molecule has 2 saturated heterocycles. The number of nitrogens with zero attached hydrogens (tertiary/aromatic N) is 3. The van der Waals surface area contributed by atoms with Gasteiger partial charge in [0.2, 0.25) is 0 Å². The number of hydrogen-bond acceptors (Lipinski definition) is 4. The summed E-state index contributed by atoms with van der Waals surface area (Å²) in [7, 11) is -0.326. The van der Waals surface area contributed by atoms with Gasteiger partial charge in [-0.1, -0.05) is 12.1 Å². The first-order valence-corrected chi connectivity index (χ1v) is 10.3. The van der Waals surface area contributed by atoms with Gasteiger partial charge in [0.25, 0.3) is 0 Å². The van der Waals surface area contributed by atoms with Crippen LogP contribution >= 0.6 is 0 Å². The lowest BCUT2D eigenvalue weighted by molar-refractivity contribution is 0.00578. The molecule has 2 aliphatic rings. The highest BCUT2D eigenvalue weighted by atomic mass is 16.7. The van der Waals surface area contributed by atoms with Crippen molar-refractivity contribution in [1.29, 1.82) is 0 Å². The zero-order valence-corrected chi connectivity index (χ0v) is 17.4. The summed E-state index contributed by atoms with van der Waals surface area (Å²) in [6.07, 6.45) is 3.83. The lowest BCUT2D eigenvalue weighted by atomic mass is 9.79. The molecule has 0 bridgehead atoms. The zero-order chi connectivity index (χ0) is 19.2. The molecule has 2 fully saturated rings. The van der Waals surface area contributed by atoms with Crippen molar-refractivity contribution in [1.82, 2.24) is 14.7 Å². The van der Waals surface area contributed by atoms with Gasteiger partial charge in [0, 0.05) is 11.9 Å². The van der Waals surface area contributed by atoms with Crippen LogP contribution < -0.4 is 5.46 Å². The maximum atomic E-state index is 6.24. The van der Waals surface area contributed by atoms with E-state index in [1.54, 1.807) is 0 Å². The Balaban J connectivity index is 1.54. The Labute approximate surface area is 163 Å². The van der Waals surface area contributed by atoms with E-state index in [1.807, 2.05) is 0 Å². The van der Waals surface area contributed by atoms with Crippen LogP contribution in [0.15, 0.2) is 18.2 Å². The molecule has 4 rings (SSSR count). The molecule has 0 aliphatic carbocycles. The number of aromatic nitrogens is 2. The standard InChI is InChI=1S/C21H32BN3O2/c1-16-18-10-9-17(22-26-20(2,3)21(4,5)27-22)15-19(18)25(23-16)14-8-13-24-11-6-7-12-24/h9-10,15H,6-8,11-14H2,1-5H3. The van der Waals surface area contributed by atoms with E-state index in [1.165, 1.54) is 36.8 Å². The molecule has 3 heterocycles. The van der Waals surface area contributed by atoms with Crippen molar-refractivity contribution in [2.24, 2.45) is 0 Å². The van der Waals surface area contributed by atoms with Crippen LogP contribution in [0.25, 0.3) is 10.9 Å². The number of aryl methyl sites for hydroxylation is 2. The van der Waals surface area contributed by atoms with Crippen LogP contribution in [0, 0.1) is 6.92 Å². The average Bonchev–Trinajstić information content (AvgIpc) is 3.27. The van der Waals surface area contributed by atoms with Gasteiger partial charge >= 0.3 is 7.12 Å². The van der Waals surface area contributed by atoms with Gasteiger partial charge in [-0.25, -0.2) is 0 Å². The fraction of sp³-hybridized carbons (Fsp3) is 0.667. The summed E-state index contributed by atoms with van der Waals surface area (Å²) < 4.78 is 14.6. The first-order chi connectivity index (χ1) is 12.8. The van der Waals surface area contributed by atoms with Crippen LogP contribution in [0.2, 0.25) is 0 Å². The van der Waals surface area contributed by atoms with Crippen molar-refractivity contribution >= 4 is 23.5 Å². The summed E-state index contributed by atoms with van der Waals surface area (Å²) >= 11 is 0. The summed E-state index contributed by atoms with van der Waals surface area (Å²) in [5.74, 6) is 0. The Hall–Kier alpha value is -1.37. The average molecular weight is 369 g/mol. The van der Waals surface area contributed by atoms with Gasteiger partial charge in [0.05, 0.1) is 22.4 Å². The lowest BCUT2D eigenvalue weighted by Gasteiger charge is -2.32. The third-order valence-electron chi connectivity index (χ3n) is 6.53. The van der Waals surface area contributed by atoms with Crippen molar-refractivity contribution in [3.05, 3.63) is 23.9 Å². The van der Waals surface area contributed by atoms with Crippen LogP contribution in [0.5, 0.6) is 0 Å². The van der Waals surface area contributed by atoms with Gasteiger partial charge in [0.15, 0.2) is 0 Å². The molecular formula is C21H32BN3O2. The van der Waals surface area contributed by atoms with Gasteiger partial charge in [-0.2, -0.15) is 5.10 Å². The van der Waals surface area contributed by atoms with E-state index in [4.69, 9.17) is 14.4 Å². The number of likely N-dealkylation sites (tertiary alicyclic amines) is 1. The highest BCUT2D eigenvalue weighted by Crippen LogP contribution is 2.36. The minimum absolute atomic E-state index is 0.321. The normalized spacial score (nSPS) is 22.2. The number of fused-ring (bicyclic) bond motifs is 1. The fourth-order valence-electron chi connectivity index (χ4n) is 4.10. The maximum Gasteiger partial charge on any atom is 0.494 e. The second-order valence-corrected chi connectivity index (χ2v) is 9.08. The number of rotatable bonds is 5. The molecule has 0 atom stereocenters. The summed E-state index contributed by atoms with van der Waals surface area (Å²) in [5, 5.41) is 6.01. The van der Waals surface area contributed by atoms with Crippen molar-refractivity contribution in [2.45, 2.75) is 71.6 Å². The Morgan fingerprint density at radius 1 is 1.04 bits per heavy atom. The zero-order valence-electron chi connectivity index (χ0n) is 17.4. The van der Waals surface area contributed by atoms with Gasteiger partial charge in [-0.15, -0.1) is 0 Å². The fourth-order valence-corrected chi connectivity index (χ4v) is 4.10. The van der Waals surface area contributed by atoms with Crippen LogP contribution in [-0.4, -0.2) is 52.6 Å². The van der Waals surface area contributed by atoms with Crippen LogP contribution in [0.4, 0.5) is 0 Å². The predicted octanol–water partition coefficient (Wildman–Crippen LogP) is 3.13. The highest BCUT2D eigenvalue weighted by Gasteiger charge is 2.51. The molecule has 146 valence electrons. The molecule has 0 spiro atoms. The number of benzene rings is 1. The topological polar surface area (TPSA) is 39.5 Å². The lowest BCUT2D eigenvalue weighted by Crippen LogP contribution is -2.41. The van der Waals surface area contributed by atoms with Crippen LogP contribution in [0.1, 0.15) is 52.7 Å². The smallest absolute Gasteiger partial charge is 0.399 e. The minimum atomic E-state index is -0.326. The third-order valence-corrected chi connectivity index (χ3v) is 6.53. The summed E-state index contributed by atoms with van der Waals surface area (Å²) in [5.41, 5.74) is 2.70. The molecule has 5 nitrogen and oxygen atoms in total. The second-order valence-electron chi connectivity index (χ2n) is 9.08. The largest absolute Gasteiger partial charge is 0.494 e. The van der Waals surface area contributed by atoms with Crippen LogP contribution in [-0.2, 0) is 15.9 Å². The van der Waals surface area contributed by atoms with Gasteiger partial charge in [-0.05, 0) is 85.0 Å². The van der Waals surface area contributed by atoms with E-state index < -0.39 is 0 Å². The number of hydrogen-bond donors (Lipinski definition) is 0. The van der Waals surface area contributed by atoms with Gasteiger partial charge < -0.3 is 14.2 Å². The highest BCUT2D eigenvalue weighted by molar-refractivity contribution is 6.62. The monoisotopic (exact) mass is 369 g/mol. The first kappa shape index (κ1) is 19.0. The second kappa shape index (κ2) is 6.91. The van der Waals surface area contributed by atoms with E-state index in [2.05, 4.69) is 62.4 Å². The summed E-state index contributed by atoms with van der Waals surface area (Å²) in [4.78, 5) is 2.56. The molecule has 0 N–H and O–H groups in total. The molecule has 0 radical (unpaired) electrons. The maximum absolute atomic E-state index is 6.24. The molecule has 27 heavy (non-hydrogen) atoms. The molecule has 1 aromatic carbocycles. The van der Waals surface area contributed by atoms with Crippen molar-refractivity contribution in [3.63, 3.8) is 0 Å². The van der Waals surface area contributed by atoms with E-state index >= 15 is 0 Å². The van der Waals surface area contributed by atoms with E-state index in [0.29, 0.717) is 0 Å². The summed E-state index contributed by atoms with van der Waals surface area (Å²) in [6.45, 7) is 15.1. The molecule has 0 saturated carbocycles. The molecule has 0 amide bonds. The molecule has 6 heteroatoms. The predicted molar refractivity (Wildman–Crippen MR) is 110 cm³/mol. The minimum Gasteiger partial charge on any atom is -0.399 e. The molecule has 0 unspecified atom stereocenters. The van der Waals surface area contributed by atoms with Crippen molar-refractivity contribution in [3.8, 4) is 0 Å².